The first-order valence-electron chi connectivity index (χ1n) is 9.18. The molecule has 2 aromatic heterocycles. The molecule has 1 saturated heterocycles. The number of nitrogens with zero attached hydrogens (tertiary/aromatic N) is 3. The lowest BCUT2D eigenvalue weighted by atomic mass is 10.0. The lowest BCUT2D eigenvalue weighted by Crippen LogP contribution is -2.32. The molecular weight excluding hydrogens is 360 g/mol. The van der Waals surface area contributed by atoms with Gasteiger partial charge < -0.3 is 9.47 Å². The first kappa shape index (κ1) is 18.0. The van der Waals surface area contributed by atoms with E-state index in [9.17, 15) is 0 Å². The Hall–Kier alpha value is -2.38. The van der Waals surface area contributed by atoms with Crippen LogP contribution in [0.1, 0.15) is 35.9 Å². The molecule has 6 nitrogen and oxygen atoms in total. The summed E-state index contributed by atoms with van der Waals surface area (Å²) in [5.74, 6) is 1.55. The van der Waals surface area contributed by atoms with Crippen LogP contribution < -0.4 is 9.47 Å². The van der Waals surface area contributed by atoms with Gasteiger partial charge in [0.05, 0.1) is 32.2 Å². The van der Waals surface area contributed by atoms with Crippen LogP contribution >= 0.6 is 11.3 Å². The maximum absolute atomic E-state index is 5.59. The molecule has 1 fully saturated rings. The molecule has 0 bridgehead atoms. The molecule has 1 aromatic carbocycles. The van der Waals surface area contributed by atoms with E-state index in [0.717, 1.165) is 42.3 Å². The van der Waals surface area contributed by atoms with Gasteiger partial charge in [-0.2, -0.15) is 5.10 Å². The normalized spacial score (nSPS) is 17.8. The Bertz CT molecular complexity index is 878. The van der Waals surface area contributed by atoms with Gasteiger partial charge in [0.2, 0.25) is 0 Å². The molecule has 142 valence electrons. The summed E-state index contributed by atoms with van der Waals surface area (Å²) in [5.41, 5.74) is 3.16. The first-order chi connectivity index (χ1) is 13.3. The topological polar surface area (TPSA) is 63.3 Å². The number of piperidine rings is 1. The third-order valence-electron chi connectivity index (χ3n) is 5.12. The van der Waals surface area contributed by atoms with E-state index in [1.165, 1.54) is 23.4 Å². The van der Waals surface area contributed by atoms with Crippen LogP contribution in [-0.4, -0.2) is 40.8 Å². The summed E-state index contributed by atoms with van der Waals surface area (Å²) in [4.78, 5) is 7.09. The molecule has 0 amide bonds. The minimum Gasteiger partial charge on any atom is -0.497 e. The highest BCUT2D eigenvalue weighted by molar-refractivity contribution is 7.09. The second kappa shape index (κ2) is 8.10. The molecule has 0 radical (unpaired) electrons. The maximum Gasteiger partial charge on any atom is 0.131 e. The number of methoxy groups -OCH3 is 2. The average Bonchev–Trinajstić information content (AvgIpc) is 3.40. The van der Waals surface area contributed by atoms with Crippen LogP contribution in [0.4, 0.5) is 0 Å². The Balaban J connectivity index is 1.62. The lowest BCUT2D eigenvalue weighted by molar-refractivity contribution is 0.140. The van der Waals surface area contributed by atoms with Crippen molar-refractivity contribution >= 4 is 11.3 Å². The van der Waals surface area contributed by atoms with Crippen LogP contribution in [0, 0.1) is 0 Å². The van der Waals surface area contributed by atoms with Gasteiger partial charge in [0.1, 0.15) is 16.5 Å². The van der Waals surface area contributed by atoms with Crippen LogP contribution in [0.15, 0.2) is 36.0 Å². The molecule has 4 rings (SSSR count). The fourth-order valence-corrected chi connectivity index (χ4v) is 4.55. The molecule has 1 atom stereocenters. The SMILES string of the molecule is COc1ccc(-c2[nH]ncc2CN2CCCC[C@@H]2c2nccs2)c(OC)c1. The Kier molecular flexibility index (Phi) is 5.40. The van der Waals surface area contributed by atoms with E-state index >= 15 is 0 Å². The van der Waals surface area contributed by atoms with Gasteiger partial charge in [-0.1, -0.05) is 6.42 Å². The third kappa shape index (κ3) is 3.70. The van der Waals surface area contributed by atoms with E-state index in [2.05, 4.69) is 25.5 Å². The number of ether oxygens (including phenoxy) is 2. The van der Waals surface area contributed by atoms with Crippen molar-refractivity contribution in [3.05, 3.63) is 46.5 Å². The van der Waals surface area contributed by atoms with Crippen LogP contribution in [0.3, 0.4) is 0 Å². The number of aromatic nitrogens is 3. The van der Waals surface area contributed by atoms with E-state index in [0.29, 0.717) is 6.04 Å². The van der Waals surface area contributed by atoms with Crippen molar-refractivity contribution in [1.82, 2.24) is 20.1 Å². The highest BCUT2D eigenvalue weighted by atomic mass is 32.1. The number of benzene rings is 1. The van der Waals surface area contributed by atoms with Crippen molar-refractivity contribution in [3.63, 3.8) is 0 Å². The predicted molar refractivity (Wildman–Crippen MR) is 106 cm³/mol. The van der Waals surface area contributed by atoms with Gasteiger partial charge in [0, 0.05) is 35.3 Å². The monoisotopic (exact) mass is 384 g/mol. The van der Waals surface area contributed by atoms with Crippen molar-refractivity contribution in [2.75, 3.05) is 20.8 Å². The van der Waals surface area contributed by atoms with Gasteiger partial charge >= 0.3 is 0 Å². The molecule has 3 aromatic rings. The van der Waals surface area contributed by atoms with Crippen molar-refractivity contribution in [2.24, 2.45) is 0 Å². The van der Waals surface area contributed by atoms with Gasteiger partial charge in [-0.25, -0.2) is 4.98 Å². The van der Waals surface area contributed by atoms with Crippen LogP contribution in [0.2, 0.25) is 0 Å². The second-order valence-electron chi connectivity index (χ2n) is 6.69. The number of hydrogen-bond acceptors (Lipinski definition) is 6. The smallest absolute Gasteiger partial charge is 0.131 e. The summed E-state index contributed by atoms with van der Waals surface area (Å²) in [5, 5.41) is 10.8. The van der Waals surface area contributed by atoms with E-state index in [4.69, 9.17) is 9.47 Å². The van der Waals surface area contributed by atoms with Crippen LogP contribution in [-0.2, 0) is 6.54 Å². The Morgan fingerprint density at radius 1 is 1.26 bits per heavy atom. The molecule has 3 heterocycles. The number of hydrogen-bond donors (Lipinski definition) is 1. The van der Waals surface area contributed by atoms with Crippen molar-refractivity contribution in [3.8, 4) is 22.8 Å². The molecule has 0 spiro atoms. The average molecular weight is 385 g/mol. The van der Waals surface area contributed by atoms with Gasteiger partial charge in [0.25, 0.3) is 0 Å². The molecular formula is C20H24N4O2S. The number of aromatic amines is 1. The maximum atomic E-state index is 5.59. The standard InChI is InChI=1S/C20H24N4O2S/c1-25-15-6-7-16(18(11-15)26-2)19-14(12-22-23-19)13-24-9-4-3-5-17(24)20-21-8-10-27-20/h6-8,10-12,17H,3-5,9,13H2,1-2H3,(H,22,23)/t17-/m1/s1. The quantitative estimate of drug-likeness (QED) is 0.687. The highest BCUT2D eigenvalue weighted by Crippen LogP contribution is 2.37. The molecule has 27 heavy (non-hydrogen) atoms. The first-order valence-corrected chi connectivity index (χ1v) is 10.1. The molecule has 0 aliphatic carbocycles. The summed E-state index contributed by atoms with van der Waals surface area (Å²) < 4.78 is 10.9. The zero-order valence-electron chi connectivity index (χ0n) is 15.6. The summed E-state index contributed by atoms with van der Waals surface area (Å²) in [6.45, 7) is 1.92. The molecule has 0 saturated carbocycles. The highest BCUT2D eigenvalue weighted by Gasteiger charge is 2.27. The minimum atomic E-state index is 0.388. The molecule has 1 N–H and O–H groups in total. The van der Waals surface area contributed by atoms with Crippen molar-refractivity contribution in [1.29, 1.82) is 0 Å². The number of rotatable bonds is 6. The lowest BCUT2D eigenvalue weighted by Gasteiger charge is -2.34. The van der Waals surface area contributed by atoms with Gasteiger partial charge in [-0.15, -0.1) is 11.3 Å². The second-order valence-corrected chi connectivity index (χ2v) is 7.61. The van der Waals surface area contributed by atoms with Crippen molar-refractivity contribution < 1.29 is 9.47 Å². The Morgan fingerprint density at radius 2 is 2.19 bits per heavy atom. The van der Waals surface area contributed by atoms with E-state index in [-0.39, 0.29) is 0 Å². The number of H-pyrrole nitrogens is 1. The van der Waals surface area contributed by atoms with Crippen LogP contribution in [0.25, 0.3) is 11.3 Å². The van der Waals surface area contributed by atoms with Gasteiger partial charge in [-0.05, 0) is 31.5 Å². The van der Waals surface area contributed by atoms with Gasteiger partial charge in [0.15, 0.2) is 0 Å². The van der Waals surface area contributed by atoms with Gasteiger partial charge in [-0.3, -0.25) is 10.00 Å². The number of thiazole rings is 1. The largest absolute Gasteiger partial charge is 0.497 e. The molecule has 0 unspecified atom stereocenters. The zero-order chi connectivity index (χ0) is 18.6. The fourth-order valence-electron chi connectivity index (χ4n) is 3.75. The Labute approximate surface area is 163 Å². The summed E-state index contributed by atoms with van der Waals surface area (Å²) >= 11 is 1.75. The summed E-state index contributed by atoms with van der Waals surface area (Å²) in [7, 11) is 3.34. The van der Waals surface area contributed by atoms with E-state index in [1.807, 2.05) is 30.6 Å². The number of nitrogens with one attached hydrogen (secondary N) is 1. The minimum absolute atomic E-state index is 0.388. The summed E-state index contributed by atoms with van der Waals surface area (Å²) in [6.07, 6.45) is 7.46. The fraction of sp³-hybridized carbons (Fsp3) is 0.400. The summed E-state index contributed by atoms with van der Waals surface area (Å²) in [6, 6.07) is 6.25. The molecule has 7 heteroatoms. The predicted octanol–water partition coefficient (Wildman–Crippen LogP) is 4.28. The number of likely N-dealkylation sites (tertiary alicyclic amines) is 1. The third-order valence-corrected chi connectivity index (χ3v) is 6.00. The van der Waals surface area contributed by atoms with E-state index < -0.39 is 0 Å². The van der Waals surface area contributed by atoms with Crippen molar-refractivity contribution in [2.45, 2.75) is 31.8 Å². The molecule has 1 aliphatic rings. The Morgan fingerprint density at radius 3 is 2.96 bits per heavy atom. The van der Waals surface area contributed by atoms with Crippen LogP contribution in [0.5, 0.6) is 11.5 Å². The van der Waals surface area contributed by atoms with E-state index in [1.54, 1.807) is 25.6 Å². The zero-order valence-corrected chi connectivity index (χ0v) is 16.5. The molecule has 1 aliphatic heterocycles.